The van der Waals surface area contributed by atoms with E-state index in [-0.39, 0.29) is 29.7 Å². The molecule has 0 aromatic carbocycles. The molecular weight excluding hydrogens is 300 g/mol. The summed E-state index contributed by atoms with van der Waals surface area (Å²) in [6.45, 7) is 5.57. The number of nitrogens with one attached hydrogen (secondary N) is 2. The highest BCUT2D eigenvalue weighted by atomic mass is 16.4. The van der Waals surface area contributed by atoms with Crippen LogP contribution in [0.3, 0.4) is 0 Å². The maximum atomic E-state index is 11.4. The summed E-state index contributed by atoms with van der Waals surface area (Å²) in [7, 11) is 0. The van der Waals surface area contributed by atoms with Gasteiger partial charge in [0.2, 0.25) is 5.91 Å². The standard InChI is InChI=1S/C14H25NO4.CH5N3/c1-4-9(5-2)12(15-8(3)16)10-6-7-11(13(10)17)14(18)19;2-1(3)4/h9-13,17H,4-7H2,1-3H3,(H,15,16)(H,18,19);(H5,2,3,4)/t10?,11-,12?,13-;/m0./s1. The number of hydrogen-bond acceptors (Lipinski definition) is 4. The van der Waals surface area contributed by atoms with Crippen LogP contribution in [0.25, 0.3) is 0 Å². The summed E-state index contributed by atoms with van der Waals surface area (Å²) in [6.07, 6.45) is 2.08. The second kappa shape index (κ2) is 10.0. The van der Waals surface area contributed by atoms with Crippen LogP contribution >= 0.6 is 0 Å². The number of aliphatic hydroxyl groups is 1. The summed E-state index contributed by atoms with van der Waals surface area (Å²) >= 11 is 0. The fourth-order valence-electron chi connectivity index (χ4n) is 3.28. The smallest absolute Gasteiger partial charge is 0.309 e. The monoisotopic (exact) mass is 330 g/mol. The van der Waals surface area contributed by atoms with Crippen molar-refractivity contribution in [2.75, 3.05) is 0 Å². The van der Waals surface area contributed by atoms with Crippen molar-refractivity contribution in [1.29, 1.82) is 5.41 Å². The predicted molar refractivity (Wildman–Crippen MR) is 87.6 cm³/mol. The Hall–Kier alpha value is -1.83. The predicted octanol–water partition coefficient (Wildman–Crippen LogP) is 0.238. The molecule has 0 heterocycles. The first-order chi connectivity index (χ1) is 10.6. The first-order valence-corrected chi connectivity index (χ1v) is 7.93. The van der Waals surface area contributed by atoms with Gasteiger partial charge in [-0.25, -0.2) is 0 Å². The fourth-order valence-corrected chi connectivity index (χ4v) is 3.28. The molecule has 1 aliphatic rings. The van der Waals surface area contributed by atoms with Crippen LogP contribution in [0.15, 0.2) is 0 Å². The third-order valence-electron chi connectivity index (χ3n) is 4.37. The maximum Gasteiger partial charge on any atom is 0.309 e. The zero-order chi connectivity index (χ0) is 18.2. The molecule has 0 aromatic heterocycles. The van der Waals surface area contributed by atoms with Gasteiger partial charge in [-0.05, 0) is 18.8 Å². The van der Waals surface area contributed by atoms with Gasteiger partial charge in [0.1, 0.15) is 0 Å². The van der Waals surface area contributed by atoms with E-state index in [4.69, 9.17) is 10.5 Å². The van der Waals surface area contributed by atoms with Crippen LogP contribution in [-0.2, 0) is 9.59 Å². The molecule has 8 N–H and O–H groups in total. The van der Waals surface area contributed by atoms with E-state index in [2.05, 4.69) is 30.6 Å². The van der Waals surface area contributed by atoms with Gasteiger partial charge in [0.15, 0.2) is 5.96 Å². The summed E-state index contributed by atoms with van der Waals surface area (Å²) in [5, 5.41) is 28.3. The number of amides is 1. The molecule has 1 aliphatic carbocycles. The van der Waals surface area contributed by atoms with Gasteiger partial charge in [-0.3, -0.25) is 15.0 Å². The Morgan fingerprint density at radius 2 is 1.74 bits per heavy atom. The number of guanidine groups is 1. The molecule has 23 heavy (non-hydrogen) atoms. The topological polar surface area (TPSA) is 163 Å². The summed E-state index contributed by atoms with van der Waals surface area (Å²) in [5.41, 5.74) is 8.94. The Kier molecular flexibility index (Phi) is 9.24. The number of carboxylic acid groups (broad SMARTS) is 1. The summed E-state index contributed by atoms with van der Waals surface area (Å²) in [4.78, 5) is 22.4. The Labute approximate surface area is 137 Å². The highest BCUT2D eigenvalue weighted by molar-refractivity contribution is 5.73. The maximum absolute atomic E-state index is 11.4. The Bertz CT molecular complexity index is 408. The van der Waals surface area contributed by atoms with E-state index in [0.29, 0.717) is 12.8 Å². The molecule has 0 aliphatic heterocycles. The van der Waals surface area contributed by atoms with Gasteiger partial charge in [0, 0.05) is 18.9 Å². The Morgan fingerprint density at radius 3 is 2.04 bits per heavy atom. The van der Waals surface area contributed by atoms with Gasteiger partial charge in [-0.1, -0.05) is 26.7 Å². The molecule has 2 unspecified atom stereocenters. The van der Waals surface area contributed by atoms with E-state index in [1.165, 1.54) is 6.92 Å². The molecular formula is C15H30N4O4. The van der Waals surface area contributed by atoms with Crippen LogP contribution in [0.4, 0.5) is 0 Å². The van der Waals surface area contributed by atoms with Crippen molar-refractivity contribution in [3.8, 4) is 0 Å². The van der Waals surface area contributed by atoms with E-state index < -0.39 is 18.0 Å². The van der Waals surface area contributed by atoms with Crippen molar-refractivity contribution in [2.45, 2.75) is 58.6 Å². The minimum atomic E-state index is -0.943. The fraction of sp³-hybridized carbons (Fsp3) is 0.800. The lowest BCUT2D eigenvalue weighted by Gasteiger charge is -2.33. The second-order valence-corrected chi connectivity index (χ2v) is 5.93. The van der Waals surface area contributed by atoms with E-state index in [9.17, 15) is 14.7 Å². The molecule has 0 radical (unpaired) electrons. The average molecular weight is 330 g/mol. The highest BCUT2D eigenvalue weighted by Crippen LogP contribution is 2.37. The molecule has 1 saturated carbocycles. The molecule has 8 nitrogen and oxygen atoms in total. The van der Waals surface area contributed by atoms with Crippen molar-refractivity contribution in [3.05, 3.63) is 0 Å². The summed E-state index contributed by atoms with van der Waals surface area (Å²) in [5.74, 6) is -1.98. The molecule has 1 amide bonds. The van der Waals surface area contributed by atoms with Crippen LogP contribution in [0.2, 0.25) is 0 Å². The van der Waals surface area contributed by atoms with Crippen LogP contribution < -0.4 is 16.8 Å². The third kappa shape index (κ3) is 6.85. The molecule has 0 aromatic rings. The van der Waals surface area contributed by atoms with Gasteiger partial charge in [-0.15, -0.1) is 0 Å². The van der Waals surface area contributed by atoms with E-state index in [0.717, 1.165) is 12.8 Å². The zero-order valence-electron chi connectivity index (χ0n) is 14.1. The minimum absolute atomic E-state index is 0.122. The molecule has 0 spiro atoms. The summed E-state index contributed by atoms with van der Waals surface area (Å²) < 4.78 is 0. The van der Waals surface area contributed by atoms with E-state index in [1.54, 1.807) is 0 Å². The van der Waals surface area contributed by atoms with Crippen LogP contribution in [-0.4, -0.2) is 40.2 Å². The lowest BCUT2D eigenvalue weighted by atomic mass is 9.82. The molecule has 8 heteroatoms. The Morgan fingerprint density at radius 1 is 1.26 bits per heavy atom. The van der Waals surface area contributed by atoms with Crippen LogP contribution in [0.5, 0.6) is 0 Å². The number of nitrogens with two attached hydrogens (primary N) is 2. The molecule has 1 rings (SSSR count). The van der Waals surface area contributed by atoms with Gasteiger partial charge in [0.25, 0.3) is 0 Å². The lowest BCUT2D eigenvalue weighted by Crippen LogP contribution is -2.48. The molecule has 134 valence electrons. The van der Waals surface area contributed by atoms with Crippen molar-refractivity contribution in [3.63, 3.8) is 0 Å². The van der Waals surface area contributed by atoms with Crippen molar-refractivity contribution < 1.29 is 19.8 Å². The van der Waals surface area contributed by atoms with Gasteiger partial charge in [0.05, 0.1) is 12.0 Å². The number of carbonyl (C=O) groups excluding carboxylic acids is 1. The number of hydrogen-bond donors (Lipinski definition) is 6. The third-order valence-corrected chi connectivity index (χ3v) is 4.37. The number of carbonyl (C=O) groups is 2. The number of aliphatic carboxylic acids is 1. The van der Waals surface area contributed by atoms with E-state index >= 15 is 0 Å². The van der Waals surface area contributed by atoms with Gasteiger partial charge >= 0.3 is 5.97 Å². The largest absolute Gasteiger partial charge is 0.481 e. The second-order valence-electron chi connectivity index (χ2n) is 5.93. The molecule has 0 saturated heterocycles. The van der Waals surface area contributed by atoms with Crippen molar-refractivity contribution >= 4 is 17.8 Å². The average Bonchev–Trinajstić information content (AvgIpc) is 2.79. The number of rotatable bonds is 6. The molecule has 1 fully saturated rings. The van der Waals surface area contributed by atoms with Gasteiger partial charge < -0.3 is 27.0 Å². The van der Waals surface area contributed by atoms with Crippen LogP contribution in [0.1, 0.15) is 46.5 Å². The number of aliphatic hydroxyl groups excluding tert-OH is 1. The first-order valence-electron chi connectivity index (χ1n) is 7.93. The van der Waals surface area contributed by atoms with Crippen molar-refractivity contribution in [1.82, 2.24) is 5.32 Å². The highest BCUT2D eigenvalue weighted by Gasteiger charge is 2.44. The molecule has 0 bridgehead atoms. The first kappa shape index (κ1) is 21.2. The lowest BCUT2D eigenvalue weighted by molar-refractivity contribution is -0.145. The van der Waals surface area contributed by atoms with Crippen LogP contribution in [0, 0.1) is 23.2 Å². The van der Waals surface area contributed by atoms with Gasteiger partial charge in [-0.2, -0.15) is 0 Å². The minimum Gasteiger partial charge on any atom is -0.481 e. The SMILES string of the molecule is CCC(CC)C(NC(C)=O)C1CC[C@H](C(=O)O)[C@H]1O.N=C(N)N. The molecule has 4 atom stereocenters. The normalized spacial score (nSPS) is 24.5. The Balaban J connectivity index is 0.00000108. The van der Waals surface area contributed by atoms with Crippen molar-refractivity contribution in [2.24, 2.45) is 29.2 Å². The number of carboxylic acids is 1. The zero-order valence-corrected chi connectivity index (χ0v) is 14.1. The summed E-state index contributed by atoms with van der Waals surface area (Å²) in [6, 6.07) is -0.133. The van der Waals surface area contributed by atoms with E-state index in [1.807, 2.05) is 0 Å². The quantitative estimate of drug-likeness (QED) is 0.302.